The van der Waals surface area contributed by atoms with Crippen molar-refractivity contribution in [2.45, 2.75) is 19.6 Å². The van der Waals surface area contributed by atoms with Gasteiger partial charge in [-0.1, -0.05) is 23.7 Å². The van der Waals surface area contributed by atoms with Crippen molar-refractivity contribution < 1.29 is 32.2 Å². The number of nitrogens with one attached hydrogen (secondary N) is 1. The Kier molecular flexibility index (Phi) is 7.45. The van der Waals surface area contributed by atoms with E-state index in [0.29, 0.717) is 16.3 Å². The number of fused-ring (bicyclic) bond motifs is 1. The van der Waals surface area contributed by atoms with Crippen molar-refractivity contribution >= 4 is 39.9 Å². The van der Waals surface area contributed by atoms with E-state index < -0.39 is 29.1 Å². The zero-order chi connectivity index (χ0) is 26.7. The first-order chi connectivity index (χ1) is 17.6. The Morgan fingerprint density at radius 3 is 2.22 bits per heavy atom. The summed E-state index contributed by atoms with van der Waals surface area (Å²) in [5.74, 6) is -1.74. The number of Topliss-reactive ketones (excluding diaryl/α,β-unsaturated/α-hetero) is 1. The summed E-state index contributed by atoms with van der Waals surface area (Å²) >= 11 is 5.93. The third-order valence-electron chi connectivity index (χ3n) is 5.65. The average Bonchev–Trinajstić information content (AvgIpc) is 3.19. The first-order valence-corrected chi connectivity index (χ1v) is 11.6. The highest BCUT2D eigenvalue weighted by molar-refractivity contribution is 6.48. The lowest BCUT2D eigenvalue weighted by Gasteiger charge is -2.15. The van der Waals surface area contributed by atoms with E-state index in [9.17, 15) is 22.8 Å². The topological polar surface area (TPSA) is 69.6 Å². The molecule has 0 bridgehead atoms. The Labute approximate surface area is 215 Å². The number of anilines is 1. The fraction of sp³-hybridized carbons (Fsp3) is 0.185. The van der Waals surface area contributed by atoms with Crippen molar-refractivity contribution in [3.63, 3.8) is 0 Å². The molecule has 37 heavy (non-hydrogen) atoms. The van der Waals surface area contributed by atoms with Gasteiger partial charge in [0.05, 0.1) is 19.3 Å². The van der Waals surface area contributed by atoms with Crippen molar-refractivity contribution in [3.8, 4) is 11.5 Å². The Hall–Kier alpha value is -3.98. The smallest absolute Gasteiger partial charge is 0.432 e. The fourth-order valence-corrected chi connectivity index (χ4v) is 4.15. The van der Waals surface area contributed by atoms with E-state index in [-0.39, 0.29) is 35.5 Å². The van der Waals surface area contributed by atoms with Crippen LogP contribution in [0.3, 0.4) is 0 Å². The number of benzene rings is 3. The van der Waals surface area contributed by atoms with Crippen molar-refractivity contribution in [2.24, 2.45) is 0 Å². The van der Waals surface area contributed by atoms with E-state index in [0.717, 1.165) is 4.57 Å². The second-order valence-electron chi connectivity index (χ2n) is 8.06. The number of hydrogen-bond donors (Lipinski definition) is 1. The minimum Gasteiger partial charge on any atom is -0.497 e. The number of carbonyl (C=O) groups is 2. The molecule has 0 atom stereocenters. The van der Waals surface area contributed by atoms with Crippen LogP contribution in [0.5, 0.6) is 11.5 Å². The van der Waals surface area contributed by atoms with Gasteiger partial charge in [0.25, 0.3) is 11.7 Å². The van der Waals surface area contributed by atoms with Crippen LogP contribution in [0.1, 0.15) is 28.5 Å². The molecule has 3 aromatic carbocycles. The second kappa shape index (κ2) is 10.6. The third kappa shape index (κ3) is 5.56. The minimum atomic E-state index is -4.94. The number of ether oxygens (including phenoxy) is 2. The molecule has 0 saturated carbocycles. The van der Waals surface area contributed by atoms with E-state index in [4.69, 9.17) is 21.1 Å². The van der Waals surface area contributed by atoms with Gasteiger partial charge >= 0.3 is 6.18 Å². The predicted molar refractivity (Wildman–Crippen MR) is 135 cm³/mol. The maximum atomic E-state index is 14.5. The number of alkyl halides is 3. The molecule has 4 aromatic rings. The molecular weight excluding hydrogens is 509 g/mol. The van der Waals surface area contributed by atoms with Gasteiger partial charge in [0.1, 0.15) is 17.2 Å². The summed E-state index contributed by atoms with van der Waals surface area (Å²) in [5, 5.41) is 2.77. The van der Waals surface area contributed by atoms with Gasteiger partial charge < -0.3 is 19.4 Å². The molecule has 1 amide bonds. The van der Waals surface area contributed by atoms with E-state index in [1.165, 1.54) is 37.4 Å². The highest BCUT2D eigenvalue weighted by Gasteiger charge is 2.42. The fourth-order valence-electron chi connectivity index (χ4n) is 4.03. The van der Waals surface area contributed by atoms with E-state index in [2.05, 4.69) is 5.32 Å². The SMILES string of the molecule is CCOc1ccc2c(c1)c(C(=O)C(=O)Nc1ccc(OC)cc1)c(C(F)(F)F)n2Cc1ccc(Cl)cc1. The molecule has 0 aliphatic heterocycles. The Bertz CT molecular complexity index is 1450. The van der Waals surface area contributed by atoms with Crippen LogP contribution in [0.2, 0.25) is 5.02 Å². The summed E-state index contributed by atoms with van der Waals surface area (Å²) in [7, 11) is 1.46. The predicted octanol–water partition coefficient (Wildman–Crippen LogP) is 6.59. The monoisotopic (exact) mass is 530 g/mol. The number of ketones is 1. The Morgan fingerprint density at radius 2 is 1.62 bits per heavy atom. The number of hydrogen-bond acceptors (Lipinski definition) is 4. The van der Waals surface area contributed by atoms with E-state index >= 15 is 0 Å². The van der Waals surface area contributed by atoms with Crippen LogP contribution in [0.15, 0.2) is 66.7 Å². The molecule has 192 valence electrons. The normalized spacial score (nSPS) is 11.4. The lowest BCUT2D eigenvalue weighted by molar-refractivity contribution is -0.143. The largest absolute Gasteiger partial charge is 0.497 e. The Balaban J connectivity index is 1.86. The summed E-state index contributed by atoms with van der Waals surface area (Å²) in [6, 6.07) is 16.7. The molecule has 0 radical (unpaired) electrons. The van der Waals surface area contributed by atoms with Crippen molar-refractivity contribution in [3.05, 3.63) is 88.6 Å². The third-order valence-corrected chi connectivity index (χ3v) is 5.90. The van der Waals surface area contributed by atoms with Gasteiger partial charge in [0.15, 0.2) is 0 Å². The summed E-state index contributed by atoms with van der Waals surface area (Å²) in [5.41, 5.74) is -1.08. The minimum absolute atomic E-state index is 0.0397. The molecule has 0 fully saturated rings. The molecule has 0 aliphatic rings. The average molecular weight is 531 g/mol. The number of halogens is 4. The molecule has 0 spiro atoms. The molecule has 6 nitrogen and oxygen atoms in total. The lowest BCUT2D eigenvalue weighted by atomic mass is 10.0. The van der Waals surface area contributed by atoms with Crippen molar-refractivity contribution in [1.29, 1.82) is 0 Å². The van der Waals surface area contributed by atoms with Crippen molar-refractivity contribution in [2.75, 3.05) is 19.0 Å². The van der Waals surface area contributed by atoms with Crippen LogP contribution < -0.4 is 14.8 Å². The summed E-state index contributed by atoms with van der Waals surface area (Å²) in [4.78, 5) is 26.2. The molecule has 0 saturated heterocycles. The molecule has 1 aromatic heterocycles. The van der Waals surface area contributed by atoms with E-state index in [1.807, 2.05) is 0 Å². The number of nitrogens with zero attached hydrogens (tertiary/aromatic N) is 1. The standard InChI is InChI=1S/C27H22ClF3N2O4/c1-3-37-20-12-13-22-21(14-20)23(24(34)26(35)32-18-8-10-19(36-2)11-9-18)25(27(29,30)31)33(22)15-16-4-6-17(28)7-5-16/h4-14H,3,15H2,1-2H3,(H,32,35). The Morgan fingerprint density at radius 1 is 0.973 bits per heavy atom. The molecule has 10 heteroatoms. The van der Waals surface area contributed by atoms with Gasteiger partial charge in [0, 0.05) is 28.2 Å². The van der Waals surface area contributed by atoms with Gasteiger partial charge in [-0.15, -0.1) is 0 Å². The number of methoxy groups -OCH3 is 1. The van der Waals surface area contributed by atoms with E-state index in [1.54, 1.807) is 43.3 Å². The molecule has 1 N–H and O–H groups in total. The van der Waals surface area contributed by atoms with Crippen LogP contribution in [-0.2, 0) is 17.5 Å². The van der Waals surface area contributed by atoms with Gasteiger partial charge in [-0.05, 0) is 67.1 Å². The number of amides is 1. The molecular formula is C27H22ClF3N2O4. The second-order valence-corrected chi connectivity index (χ2v) is 8.49. The van der Waals surface area contributed by atoms with Crippen LogP contribution >= 0.6 is 11.6 Å². The first-order valence-electron chi connectivity index (χ1n) is 11.2. The number of aromatic nitrogens is 1. The van der Waals surface area contributed by atoms with Crippen molar-refractivity contribution in [1.82, 2.24) is 4.57 Å². The van der Waals surface area contributed by atoms with Crippen LogP contribution in [0.25, 0.3) is 10.9 Å². The van der Waals surface area contributed by atoms with Gasteiger partial charge in [-0.3, -0.25) is 9.59 Å². The first kappa shape index (κ1) is 26.1. The zero-order valence-electron chi connectivity index (χ0n) is 19.9. The van der Waals surface area contributed by atoms with Crippen LogP contribution in [0, 0.1) is 0 Å². The summed E-state index contributed by atoms with van der Waals surface area (Å²) < 4.78 is 55.1. The van der Waals surface area contributed by atoms with Gasteiger partial charge in [0.2, 0.25) is 0 Å². The van der Waals surface area contributed by atoms with Crippen LogP contribution in [0.4, 0.5) is 18.9 Å². The molecule has 0 unspecified atom stereocenters. The van der Waals surface area contributed by atoms with Crippen LogP contribution in [-0.4, -0.2) is 30.0 Å². The highest BCUT2D eigenvalue weighted by atomic mass is 35.5. The van der Waals surface area contributed by atoms with Gasteiger partial charge in [-0.25, -0.2) is 0 Å². The maximum Gasteiger partial charge on any atom is 0.432 e. The quantitative estimate of drug-likeness (QED) is 0.206. The molecule has 4 rings (SSSR count). The highest BCUT2D eigenvalue weighted by Crippen LogP contribution is 2.40. The zero-order valence-corrected chi connectivity index (χ0v) is 20.6. The number of rotatable bonds is 8. The maximum absolute atomic E-state index is 14.5. The molecule has 1 heterocycles. The van der Waals surface area contributed by atoms with Gasteiger partial charge in [-0.2, -0.15) is 13.2 Å². The molecule has 0 aliphatic carbocycles. The number of carbonyl (C=O) groups excluding carboxylic acids is 2. The summed E-state index contributed by atoms with van der Waals surface area (Å²) in [6.45, 7) is 1.79. The summed E-state index contributed by atoms with van der Waals surface area (Å²) in [6.07, 6.45) is -4.94. The lowest BCUT2D eigenvalue weighted by Crippen LogP contribution is -2.26.